The van der Waals surface area contributed by atoms with Crippen molar-refractivity contribution in [3.8, 4) is 0 Å². The van der Waals surface area contributed by atoms with Crippen LogP contribution in [0.15, 0.2) is 10.2 Å². The van der Waals surface area contributed by atoms with Gasteiger partial charge >= 0.3 is 35.8 Å². The average Bonchev–Trinajstić information content (AvgIpc) is 2.54. The fourth-order valence-electron chi connectivity index (χ4n) is 2.64. The van der Waals surface area contributed by atoms with Crippen LogP contribution in [0.1, 0.15) is 40.5 Å². The first kappa shape index (κ1) is 26.4. The second-order valence-electron chi connectivity index (χ2n) is 7.82. The average molecular weight is 434 g/mol. The largest absolute Gasteiger partial charge is 0.480 e. The van der Waals surface area contributed by atoms with Gasteiger partial charge in [-0.1, -0.05) is 0 Å². The van der Waals surface area contributed by atoms with Crippen LogP contribution >= 0.6 is 0 Å². The molecule has 0 unspecified atom stereocenters. The molecule has 0 heterocycles. The van der Waals surface area contributed by atoms with Crippen LogP contribution in [0.4, 0.5) is 0 Å². The Morgan fingerprint density at radius 1 is 0.500 bits per heavy atom. The molecule has 0 spiro atoms. The molecular weight excluding hydrogens is 412 g/mol. The van der Waals surface area contributed by atoms with Crippen LogP contribution in [0, 0.1) is 10.8 Å². The Labute approximate surface area is 168 Å². The Bertz CT molecular complexity index is 673. The molecule has 6 N–H and O–H groups in total. The van der Waals surface area contributed by atoms with Crippen molar-refractivity contribution in [3.63, 3.8) is 0 Å². The van der Waals surface area contributed by atoms with Gasteiger partial charge in [-0.25, -0.2) is 0 Å². The van der Waals surface area contributed by atoms with E-state index in [1.807, 2.05) is 0 Å². The molecule has 0 bridgehead atoms. The molecule has 0 saturated carbocycles. The summed E-state index contributed by atoms with van der Waals surface area (Å²) in [4.78, 5) is 68.2. The quantitative estimate of drug-likeness (QED) is 0.179. The predicted octanol–water partition coefficient (Wildman–Crippen LogP) is 0.256. The van der Waals surface area contributed by atoms with Crippen LogP contribution in [0.5, 0.6) is 0 Å². The van der Waals surface area contributed by atoms with Crippen LogP contribution in [0.3, 0.4) is 0 Å². The Morgan fingerprint density at radius 3 is 0.800 bits per heavy atom. The lowest BCUT2D eigenvalue weighted by molar-refractivity contribution is -0.180. The third-order valence-electron chi connectivity index (χ3n) is 4.18. The van der Waals surface area contributed by atoms with Crippen molar-refractivity contribution in [2.24, 2.45) is 21.1 Å². The summed E-state index contributed by atoms with van der Waals surface area (Å²) >= 11 is 0. The highest BCUT2D eigenvalue weighted by molar-refractivity contribution is 6.17. The van der Waals surface area contributed by atoms with Gasteiger partial charge in [0.25, 0.3) is 10.8 Å². The van der Waals surface area contributed by atoms with Gasteiger partial charge < -0.3 is 30.6 Å². The highest BCUT2D eigenvalue weighted by Crippen LogP contribution is 2.36. The predicted molar refractivity (Wildman–Crippen MR) is 92.9 cm³/mol. The number of azo groups is 1. The highest BCUT2D eigenvalue weighted by atomic mass is 16.4. The number of hydrogen-bond acceptors (Lipinski definition) is 8. The molecule has 14 heteroatoms. The van der Waals surface area contributed by atoms with E-state index >= 15 is 0 Å². The van der Waals surface area contributed by atoms with Gasteiger partial charge in [0.1, 0.15) is 0 Å². The van der Waals surface area contributed by atoms with Crippen LogP contribution in [0.2, 0.25) is 0 Å². The number of aliphatic carboxylic acids is 6. The second-order valence-corrected chi connectivity index (χ2v) is 7.82. The molecule has 0 aromatic rings. The number of carbonyl (C=O) groups is 6. The molecule has 0 amide bonds. The number of nitrogens with zero attached hydrogens (tertiary/aromatic N) is 2. The van der Waals surface area contributed by atoms with Gasteiger partial charge in [0.05, 0.1) is 11.1 Å². The zero-order valence-electron chi connectivity index (χ0n) is 16.4. The molecule has 0 radical (unpaired) electrons. The minimum atomic E-state index is -3.26. The minimum Gasteiger partial charge on any atom is -0.480 e. The molecule has 30 heavy (non-hydrogen) atoms. The van der Waals surface area contributed by atoms with Gasteiger partial charge in [-0.05, 0) is 27.7 Å². The van der Waals surface area contributed by atoms with Gasteiger partial charge in [0, 0.05) is 12.8 Å². The molecule has 0 aromatic heterocycles. The molecule has 0 rings (SSSR count). The zero-order valence-corrected chi connectivity index (χ0v) is 16.4. The first-order valence-electron chi connectivity index (χ1n) is 8.13. The molecule has 0 saturated heterocycles. The number of rotatable bonds is 12. The normalized spacial score (nSPS) is 13.1. The van der Waals surface area contributed by atoms with Gasteiger partial charge in [-0.15, -0.1) is 0 Å². The Morgan fingerprint density at radius 2 is 0.667 bits per heavy atom. The van der Waals surface area contributed by atoms with E-state index in [9.17, 15) is 28.8 Å². The standard InChI is InChI=1S/C16H22N2O12/c1-13(2,5-15(7(19)20,8(21)22)9(23)24)17-18-14(3,4)6-16(10(25)26,11(27)28)12(29)30/h5-6H2,1-4H3,(H,19,20)(H,21,22)(H,23,24)(H,25,26)(H,27,28)(H,29,30). The molecule has 168 valence electrons. The van der Waals surface area contributed by atoms with E-state index in [1.165, 1.54) is 0 Å². The van der Waals surface area contributed by atoms with Crippen molar-refractivity contribution in [2.75, 3.05) is 0 Å². The summed E-state index contributed by atoms with van der Waals surface area (Å²) in [6.45, 7) is 4.59. The first-order valence-corrected chi connectivity index (χ1v) is 8.13. The van der Waals surface area contributed by atoms with E-state index in [1.54, 1.807) is 0 Å². The summed E-state index contributed by atoms with van der Waals surface area (Å²) in [7, 11) is 0. The van der Waals surface area contributed by atoms with Crippen molar-refractivity contribution in [2.45, 2.75) is 51.6 Å². The highest BCUT2D eigenvalue weighted by Gasteiger charge is 2.59. The maximum atomic E-state index is 11.4. The Balaban J connectivity index is 6.10. The molecule has 14 nitrogen and oxygen atoms in total. The third kappa shape index (κ3) is 5.07. The van der Waals surface area contributed by atoms with Crippen LogP contribution in [-0.2, 0) is 28.8 Å². The third-order valence-corrected chi connectivity index (χ3v) is 4.18. The Hall–Kier alpha value is -3.58. The van der Waals surface area contributed by atoms with Crippen molar-refractivity contribution in [1.29, 1.82) is 0 Å². The van der Waals surface area contributed by atoms with Gasteiger partial charge in [-0.3, -0.25) is 28.8 Å². The molecule has 0 aliphatic heterocycles. The van der Waals surface area contributed by atoms with E-state index in [0.29, 0.717) is 0 Å². The summed E-state index contributed by atoms with van der Waals surface area (Å²) in [5.41, 5.74) is -10.0. The summed E-state index contributed by atoms with van der Waals surface area (Å²) in [5.74, 6) is -13.0. The number of carboxylic acids is 6. The van der Waals surface area contributed by atoms with Crippen molar-refractivity contribution in [3.05, 3.63) is 0 Å². The van der Waals surface area contributed by atoms with Crippen molar-refractivity contribution < 1.29 is 59.4 Å². The second kappa shape index (κ2) is 8.42. The zero-order chi connectivity index (χ0) is 24.3. The van der Waals surface area contributed by atoms with Gasteiger partial charge in [-0.2, -0.15) is 10.2 Å². The smallest absolute Gasteiger partial charge is 0.332 e. The maximum absolute atomic E-state index is 11.4. The molecule has 0 aliphatic carbocycles. The lowest BCUT2D eigenvalue weighted by Gasteiger charge is -2.30. The van der Waals surface area contributed by atoms with Crippen LogP contribution in [0.25, 0.3) is 0 Å². The lowest BCUT2D eigenvalue weighted by atomic mass is 9.76. The van der Waals surface area contributed by atoms with Crippen molar-refractivity contribution in [1.82, 2.24) is 0 Å². The summed E-state index contributed by atoms with van der Waals surface area (Å²) < 4.78 is 0. The first-order chi connectivity index (χ1) is 13.3. The number of carboxylic acid groups (broad SMARTS) is 6. The molecule has 0 atom stereocenters. The van der Waals surface area contributed by atoms with E-state index in [2.05, 4.69) is 10.2 Å². The van der Waals surface area contributed by atoms with E-state index in [0.717, 1.165) is 27.7 Å². The maximum Gasteiger partial charge on any atom is 0.332 e. The molecule has 0 fully saturated rings. The minimum absolute atomic E-state index is 1.07. The summed E-state index contributed by atoms with van der Waals surface area (Å²) in [5, 5.41) is 62.3. The fourth-order valence-corrected chi connectivity index (χ4v) is 2.64. The van der Waals surface area contributed by atoms with E-state index in [-0.39, 0.29) is 0 Å². The number of hydrogen-bond donors (Lipinski definition) is 6. The molecule has 0 aromatic carbocycles. The van der Waals surface area contributed by atoms with Gasteiger partial charge in [0.15, 0.2) is 0 Å². The van der Waals surface area contributed by atoms with Crippen LogP contribution in [-0.4, -0.2) is 77.5 Å². The summed E-state index contributed by atoms with van der Waals surface area (Å²) in [6.07, 6.45) is -2.14. The monoisotopic (exact) mass is 434 g/mol. The molecule has 0 aliphatic rings. The van der Waals surface area contributed by atoms with Gasteiger partial charge in [0.2, 0.25) is 0 Å². The summed E-state index contributed by atoms with van der Waals surface area (Å²) in [6, 6.07) is 0. The van der Waals surface area contributed by atoms with E-state index < -0.39 is 70.6 Å². The lowest BCUT2D eigenvalue weighted by Crippen LogP contribution is -2.51. The SMILES string of the molecule is CC(C)(CC(C(=O)O)(C(=O)O)C(=O)O)N=NC(C)(C)CC(C(=O)O)(C(=O)O)C(=O)O. The Kier molecular flexibility index (Phi) is 7.42. The van der Waals surface area contributed by atoms with Crippen LogP contribution < -0.4 is 0 Å². The van der Waals surface area contributed by atoms with Crippen molar-refractivity contribution >= 4 is 35.8 Å². The molecular formula is C16H22N2O12. The fraction of sp³-hybridized carbons (Fsp3) is 0.625. The van der Waals surface area contributed by atoms with E-state index in [4.69, 9.17) is 30.6 Å². The topological polar surface area (TPSA) is 249 Å².